The van der Waals surface area contributed by atoms with E-state index in [4.69, 9.17) is 5.73 Å². The number of hydrogen-bond acceptors (Lipinski definition) is 0. The van der Waals surface area contributed by atoms with Crippen molar-refractivity contribution in [3.8, 4) is 0 Å². The van der Waals surface area contributed by atoms with Crippen LogP contribution in [-0.4, -0.2) is 15.1 Å². The monoisotopic (exact) mass is 378 g/mol. The molecule has 1 unspecified atom stereocenters. The summed E-state index contributed by atoms with van der Waals surface area (Å²) in [6.45, 7) is 13.1. The van der Waals surface area contributed by atoms with Crippen LogP contribution in [0.25, 0.3) is 5.73 Å². The summed E-state index contributed by atoms with van der Waals surface area (Å²) in [6, 6.07) is 0. The van der Waals surface area contributed by atoms with Gasteiger partial charge in [-0.05, 0) is 37.0 Å². The summed E-state index contributed by atoms with van der Waals surface area (Å²) in [5.41, 5.74) is 12.5. The number of nitrogens with one attached hydrogen (secondary N) is 1. The minimum atomic E-state index is 0. The van der Waals surface area contributed by atoms with E-state index in [2.05, 4.69) is 46.9 Å². The Morgan fingerprint density at radius 1 is 0.958 bits per heavy atom. The zero-order valence-electron chi connectivity index (χ0n) is 16.6. The molecule has 4 saturated carbocycles. The van der Waals surface area contributed by atoms with Gasteiger partial charge in [0, 0.05) is 9.52 Å². The zero-order valence-corrected chi connectivity index (χ0v) is 19.3. The second-order valence-electron chi connectivity index (χ2n) is 8.57. The molecule has 1 nitrogen and oxygen atoms in total. The molecule has 0 aromatic carbocycles. The molecule has 1 N–H and O–H groups in total. The van der Waals surface area contributed by atoms with Gasteiger partial charge in [0.2, 0.25) is 0 Å². The fourth-order valence-electron chi connectivity index (χ4n) is 5.27. The summed E-state index contributed by atoms with van der Waals surface area (Å²) in [5, 5.41) is 0. The molecule has 3 heteroatoms. The van der Waals surface area contributed by atoms with Gasteiger partial charge in [-0.1, -0.05) is 59.0 Å². The molecule has 0 aromatic heterocycles. The molecule has 24 heavy (non-hydrogen) atoms. The molecule has 0 aliphatic heterocycles. The van der Waals surface area contributed by atoms with Crippen molar-refractivity contribution in [2.24, 2.45) is 23.7 Å². The van der Waals surface area contributed by atoms with Gasteiger partial charge in [0.15, 0.2) is 0 Å². The van der Waals surface area contributed by atoms with E-state index in [-0.39, 0.29) is 27.3 Å². The Bertz CT molecular complexity index is 445. The van der Waals surface area contributed by atoms with Crippen LogP contribution in [0.15, 0.2) is 16.7 Å². The first-order valence-electron chi connectivity index (χ1n) is 9.54. The van der Waals surface area contributed by atoms with E-state index >= 15 is 0 Å². The maximum atomic E-state index is 8.21. The van der Waals surface area contributed by atoms with E-state index in [0.29, 0.717) is 5.92 Å². The second kappa shape index (κ2) is 9.35. The summed E-state index contributed by atoms with van der Waals surface area (Å²) >= 11 is 0. The molecule has 0 spiro atoms. The Labute approximate surface area is 168 Å². The van der Waals surface area contributed by atoms with Crippen molar-refractivity contribution in [2.45, 2.75) is 84.9 Å². The molecule has 5 aliphatic carbocycles. The standard InChI is InChI=1S/C10H16N.C9H13.C2H7Si.Ti/c11-10-4-7-1-8(5-10)3-9(2-7)6-10;1-6-5-7(2)9(4)8(6)3;1-3-2;/h7-9,11H,1-6H2;6H,1-4H3;3H,1-2H3;/q2*-1;;+2. The fraction of sp³-hybridized carbons (Fsp3) is 0.810. The van der Waals surface area contributed by atoms with Crippen molar-refractivity contribution in [3.63, 3.8) is 0 Å². The van der Waals surface area contributed by atoms with Crippen LogP contribution >= 0.6 is 0 Å². The van der Waals surface area contributed by atoms with Gasteiger partial charge in [0.05, 0.1) is 0 Å². The molecular weight excluding hydrogens is 342 g/mol. The SMILES string of the molecule is CC1=[C-]C(C)C(C)=C1C.C[SiH]C.[NH-]C12CC3CC(CC(C3)C1)C2.[Ti+2]. The Hall–Kier alpha value is 0.371. The second-order valence-corrected chi connectivity index (χ2v) is 9.73. The van der Waals surface area contributed by atoms with Crippen LogP contribution in [0.2, 0.25) is 13.1 Å². The molecule has 1 atom stereocenters. The van der Waals surface area contributed by atoms with Gasteiger partial charge in [0.1, 0.15) is 0 Å². The summed E-state index contributed by atoms with van der Waals surface area (Å²) in [6.07, 6.45) is 11.5. The predicted octanol–water partition coefficient (Wildman–Crippen LogP) is 6.25. The molecule has 5 aliphatic rings. The largest absolute Gasteiger partial charge is 2.00 e. The van der Waals surface area contributed by atoms with Crippen LogP contribution in [0.3, 0.4) is 0 Å². The van der Waals surface area contributed by atoms with Crippen LogP contribution in [0.5, 0.6) is 0 Å². The van der Waals surface area contributed by atoms with Gasteiger partial charge in [-0.15, -0.1) is 12.5 Å². The van der Waals surface area contributed by atoms with Gasteiger partial charge in [-0.3, -0.25) is 6.08 Å². The predicted molar refractivity (Wildman–Crippen MR) is 104 cm³/mol. The number of allylic oxidation sites excluding steroid dienone is 4. The Morgan fingerprint density at radius 2 is 1.33 bits per heavy atom. The minimum Gasteiger partial charge on any atom is -0.672 e. The smallest absolute Gasteiger partial charge is 0.672 e. The van der Waals surface area contributed by atoms with E-state index in [1.807, 2.05) is 0 Å². The molecule has 5 rings (SSSR count). The fourth-order valence-corrected chi connectivity index (χ4v) is 5.27. The van der Waals surface area contributed by atoms with E-state index < -0.39 is 0 Å². The minimum absolute atomic E-state index is 0. The van der Waals surface area contributed by atoms with Gasteiger partial charge in [-0.2, -0.15) is 11.1 Å². The first-order chi connectivity index (χ1) is 10.8. The van der Waals surface area contributed by atoms with Crippen LogP contribution in [-0.2, 0) is 21.7 Å². The van der Waals surface area contributed by atoms with Crippen molar-refractivity contribution in [3.05, 3.63) is 28.5 Å². The third kappa shape index (κ3) is 5.43. The number of rotatable bonds is 0. The van der Waals surface area contributed by atoms with Crippen molar-refractivity contribution in [1.29, 1.82) is 0 Å². The molecule has 0 amide bonds. The molecule has 0 aromatic rings. The summed E-state index contributed by atoms with van der Waals surface area (Å²) in [4.78, 5) is 0. The maximum absolute atomic E-state index is 8.21. The van der Waals surface area contributed by atoms with Crippen molar-refractivity contribution < 1.29 is 21.7 Å². The van der Waals surface area contributed by atoms with E-state index in [1.54, 1.807) is 0 Å². The molecule has 1 radical (unpaired) electrons. The first kappa shape index (κ1) is 22.4. The molecule has 133 valence electrons. The average Bonchev–Trinajstić information content (AvgIpc) is 2.64. The topological polar surface area (TPSA) is 23.8 Å². The Balaban J connectivity index is 0.000000203. The Morgan fingerprint density at radius 3 is 1.50 bits per heavy atom. The summed E-state index contributed by atoms with van der Waals surface area (Å²) in [5.74, 6) is 3.43. The molecular formula is C21H36NSiTi. The molecule has 0 saturated heterocycles. The first-order valence-corrected chi connectivity index (χ1v) is 11.9. The van der Waals surface area contributed by atoms with Crippen molar-refractivity contribution in [2.75, 3.05) is 0 Å². The third-order valence-electron chi connectivity index (χ3n) is 6.27. The van der Waals surface area contributed by atoms with Gasteiger partial charge >= 0.3 is 21.7 Å². The quantitative estimate of drug-likeness (QED) is 0.352. The van der Waals surface area contributed by atoms with E-state index in [9.17, 15) is 0 Å². The van der Waals surface area contributed by atoms with Gasteiger partial charge < -0.3 is 5.73 Å². The number of hydrogen-bond donors (Lipinski definition) is 0. The molecule has 0 heterocycles. The van der Waals surface area contributed by atoms with Crippen LogP contribution in [0.1, 0.15) is 66.2 Å². The van der Waals surface area contributed by atoms with Crippen molar-refractivity contribution in [1.82, 2.24) is 0 Å². The van der Waals surface area contributed by atoms with Crippen LogP contribution in [0.4, 0.5) is 0 Å². The van der Waals surface area contributed by atoms with E-state index in [0.717, 1.165) is 27.3 Å². The van der Waals surface area contributed by atoms with Crippen molar-refractivity contribution >= 4 is 9.52 Å². The average molecular weight is 378 g/mol. The normalized spacial score (nSPS) is 38.5. The third-order valence-corrected chi connectivity index (χ3v) is 6.27. The molecule has 4 fully saturated rings. The van der Waals surface area contributed by atoms with E-state index in [1.165, 1.54) is 55.2 Å². The Kier molecular flexibility index (Phi) is 8.73. The van der Waals surface area contributed by atoms with Gasteiger partial charge in [-0.25, -0.2) is 5.57 Å². The summed E-state index contributed by atoms with van der Waals surface area (Å²) < 4.78 is 0. The van der Waals surface area contributed by atoms with Crippen LogP contribution in [0, 0.1) is 29.7 Å². The zero-order chi connectivity index (χ0) is 17.2. The summed E-state index contributed by atoms with van der Waals surface area (Å²) in [7, 11) is 0.750. The van der Waals surface area contributed by atoms with Gasteiger partial charge in [0.25, 0.3) is 0 Å². The molecule has 4 bridgehead atoms. The van der Waals surface area contributed by atoms with Crippen LogP contribution < -0.4 is 0 Å². The maximum Gasteiger partial charge on any atom is 2.00 e.